The zero-order valence-electron chi connectivity index (χ0n) is 22.1. The molecule has 0 spiro atoms. The molecule has 7 nitrogen and oxygen atoms in total. The van der Waals surface area contributed by atoms with E-state index in [0.717, 1.165) is 11.1 Å². The summed E-state index contributed by atoms with van der Waals surface area (Å²) in [4.78, 5) is 41.7. The van der Waals surface area contributed by atoms with E-state index in [1.807, 2.05) is 66.7 Å². The maximum atomic E-state index is 12.9. The normalized spacial score (nSPS) is 10.4. The highest BCUT2D eigenvalue weighted by Crippen LogP contribution is 2.16. The second-order valence-corrected chi connectivity index (χ2v) is 9.36. The maximum Gasteiger partial charge on any atom is 0.253 e. The SMILES string of the molecule is CN(Cc1ccccc1)C(=O)c1cccc(NCC(=O)Nc2cccc(C(=O)N(C)Cc3ccccc3)c2)c1. The van der Waals surface area contributed by atoms with E-state index in [2.05, 4.69) is 10.6 Å². The lowest BCUT2D eigenvalue weighted by Gasteiger charge is -2.18. The Morgan fingerprint density at radius 3 is 1.56 bits per heavy atom. The summed E-state index contributed by atoms with van der Waals surface area (Å²) in [5, 5.41) is 5.91. The zero-order chi connectivity index (χ0) is 27.6. The third-order valence-electron chi connectivity index (χ3n) is 6.17. The van der Waals surface area contributed by atoms with Crippen molar-refractivity contribution in [2.24, 2.45) is 0 Å². The van der Waals surface area contributed by atoms with Crippen LogP contribution in [0.3, 0.4) is 0 Å². The molecule has 3 amide bonds. The Morgan fingerprint density at radius 1 is 0.590 bits per heavy atom. The van der Waals surface area contributed by atoms with Gasteiger partial charge in [-0.1, -0.05) is 72.8 Å². The highest BCUT2D eigenvalue weighted by molar-refractivity contribution is 5.98. The van der Waals surface area contributed by atoms with Crippen molar-refractivity contribution in [1.82, 2.24) is 9.80 Å². The molecule has 2 N–H and O–H groups in total. The van der Waals surface area contributed by atoms with Gasteiger partial charge in [-0.15, -0.1) is 0 Å². The lowest BCUT2D eigenvalue weighted by molar-refractivity contribution is -0.114. The van der Waals surface area contributed by atoms with Crippen molar-refractivity contribution in [2.45, 2.75) is 13.1 Å². The van der Waals surface area contributed by atoms with Crippen molar-refractivity contribution in [1.29, 1.82) is 0 Å². The molecular formula is C32H32N4O3. The van der Waals surface area contributed by atoms with Crippen LogP contribution in [0.4, 0.5) is 11.4 Å². The van der Waals surface area contributed by atoms with E-state index < -0.39 is 0 Å². The summed E-state index contributed by atoms with van der Waals surface area (Å²) in [5.41, 5.74) is 4.31. The summed E-state index contributed by atoms with van der Waals surface area (Å²) in [6.07, 6.45) is 0. The number of amides is 3. The molecule has 0 aromatic heterocycles. The Hall–Kier alpha value is -4.91. The third-order valence-corrected chi connectivity index (χ3v) is 6.17. The molecule has 4 aromatic carbocycles. The van der Waals surface area contributed by atoms with Crippen molar-refractivity contribution in [3.05, 3.63) is 131 Å². The number of carbonyl (C=O) groups is 3. The topological polar surface area (TPSA) is 81.8 Å². The van der Waals surface area contributed by atoms with E-state index >= 15 is 0 Å². The second-order valence-electron chi connectivity index (χ2n) is 9.36. The lowest BCUT2D eigenvalue weighted by atomic mass is 10.1. The molecule has 0 bridgehead atoms. The molecule has 0 radical (unpaired) electrons. The Labute approximate surface area is 229 Å². The predicted molar refractivity (Wildman–Crippen MR) is 154 cm³/mol. The van der Waals surface area contributed by atoms with E-state index in [0.29, 0.717) is 35.6 Å². The minimum Gasteiger partial charge on any atom is -0.376 e. The second kappa shape index (κ2) is 13.1. The van der Waals surface area contributed by atoms with Crippen LogP contribution in [0.2, 0.25) is 0 Å². The summed E-state index contributed by atoms with van der Waals surface area (Å²) < 4.78 is 0. The number of anilines is 2. The molecule has 0 unspecified atom stereocenters. The fourth-order valence-corrected chi connectivity index (χ4v) is 4.18. The van der Waals surface area contributed by atoms with Gasteiger partial charge < -0.3 is 20.4 Å². The number of rotatable bonds is 10. The van der Waals surface area contributed by atoms with Crippen LogP contribution < -0.4 is 10.6 Å². The van der Waals surface area contributed by atoms with Crippen LogP contribution in [0.5, 0.6) is 0 Å². The van der Waals surface area contributed by atoms with Gasteiger partial charge in [0.05, 0.1) is 6.54 Å². The van der Waals surface area contributed by atoms with E-state index in [1.165, 1.54) is 0 Å². The molecule has 0 saturated carbocycles. The molecule has 0 aliphatic heterocycles. The molecule has 0 aliphatic carbocycles. The third kappa shape index (κ3) is 7.79. The summed E-state index contributed by atoms with van der Waals surface area (Å²) in [5.74, 6) is -0.507. The Morgan fingerprint density at radius 2 is 1.05 bits per heavy atom. The molecule has 4 aromatic rings. The van der Waals surface area contributed by atoms with Gasteiger partial charge in [-0.05, 0) is 47.5 Å². The number of hydrogen-bond acceptors (Lipinski definition) is 4. The summed E-state index contributed by atoms with van der Waals surface area (Å²) in [6.45, 7) is 0.997. The summed E-state index contributed by atoms with van der Waals surface area (Å²) in [7, 11) is 3.52. The quantitative estimate of drug-likeness (QED) is 0.298. The fraction of sp³-hybridized carbons (Fsp3) is 0.156. The highest BCUT2D eigenvalue weighted by atomic mass is 16.2. The van der Waals surface area contributed by atoms with Gasteiger partial charge in [0.15, 0.2) is 0 Å². The lowest BCUT2D eigenvalue weighted by Crippen LogP contribution is -2.27. The van der Waals surface area contributed by atoms with Crippen molar-refractivity contribution < 1.29 is 14.4 Å². The van der Waals surface area contributed by atoms with Gasteiger partial charge >= 0.3 is 0 Å². The minimum atomic E-state index is -0.268. The van der Waals surface area contributed by atoms with Gasteiger partial charge in [0, 0.05) is 49.7 Å². The summed E-state index contributed by atoms with van der Waals surface area (Å²) >= 11 is 0. The van der Waals surface area contributed by atoms with Crippen LogP contribution in [-0.2, 0) is 17.9 Å². The smallest absolute Gasteiger partial charge is 0.253 e. The number of nitrogens with one attached hydrogen (secondary N) is 2. The van der Waals surface area contributed by atoms with Crippen LogP contribution >= 0.6 is 0 Å². The van der Waals surface area contributed by atoms with Gasteiger partial charge in [-0.3, -0.25) is 14.4 Å². The molecule has 0 atom stereocenters. The van der Waals surface area contributed by atoms with Crippen LogP contribution in [0.1, 0.15) is 31.8 Å². The van der Waals surface area contributed by atoms with Crippen LogP contribution in [0.25, 0.3) is 0 Å². The first kappa shape index (κ1) is 27.1. The van der Waals surface area contributed by atoms with Crippen molar-refractivity contribution in [3.63, 3.8) is 0 Å². The molecule has 4 rings (SSSR count). The Kier molecular flexibility index (Phi) is 9.08. The molecule has 39 heavy (non-hydrogen) atoms. The number of hydrogen-bond donors (Lipinski definition) is 2. The van der Waals surface area contributed by atoms with Crippen LogP contribution in [0, 0.1) is 0 Å². The molecule has 7 heteroatoms. The first-order valence-corrected chi connectivity index (χ1v) is 12.7. The van der Waals surface area contributed by atoms with Crippen LogP contribution in [0.15, 0.2) is 109 Å². The number of carbonyl (C=O) groups excluding carboxylic acids is 3. The molecule has 198 valence electrons. The van der Waals surface area contributed by atoms with Crippen molar-refractivity contribution >= 4 is 29.1 Å². The molecule has 0 fully saturated rings. The van der Waals surface area contributed by atoms with Gasteiger partial charge in [0.25, 0.3) is 11.8 Å². The van der Waals surface area contributed by atoms with Crippen molar-refractivity contribution in [2.75, 3.05) is 31.3 Å². The van der Waals surface area contributed by atoms with Gasteiger partial charge in [-0.25, -0.2) is 0 Å². The molecule has 0 heterocycles. The van der Waals surface area contributed by atoms with Gasteiger partial charge in [0.1, 0.15) is 0 Å². The van der Waals surface area contributed by atoms with Gasteiger partial charge in [0.2, 0.25) is 5.91 Å². The first-order chi connectivity index (χ1) is 18.9. The highest BCUT2D eigenvalue weighted by Gasteiger charge is 2.15. The maximum absolute atomic E-state index is 12.9. The zero-order valence-corrected chi connectivity index (χ0v) is 22.1. The van der Waals surface area contributed by atoms with E-state index in [-0.39, 0.29) is 24.3 Å². The fourth-order valence-electron chi connectivity index (χ4n) is 4.18. The van der Waals surface area contributed by atoms with Crippen LogP contribution in [-0.4, -0.2) is 48.2 Å². The largest absolute Gasteiger partial charge is 0.376 e. The molecular weight excluding hydrogens is 488 g/mol. The monoisotopic (exact) mass is 520 g/mol. The van der Waals surface area contributed by atoms with E-state index in [9.17, 15) is 14.4 Å². The summed E-state index contributed by atoms with van der Waals surface area (Å²) in [6, 6.07) is 33.5. The Bertz CT molecular complexity index is 1420. The van der Waals surface area contributed by atoms with E-state index in [1.54, 1.807) is 66.4 Å². The Balaban J connectivity index is 1.31. The van der Waals surface area contributed by atoms with Gasteiger partial charge in [-0.2, -0.15) is 0 Å². The standard InChI is InChI=1S/C32H32N4O3/c1-35(22-24-11-5-3-6-12-24)31(38)26-15-9-17-28(19-26)33-21-30(37)34-29-18-10-16-27(20-29)32(39)36(2)23-25-13-7-4-8-14-25/h3-20,33H,21-23H2,1-2H3,(H,34,37). The minimum absolute atomic E-state index is 0.00355. The number of benzene rings is 4. The van der Waals surface area contributed by atoms with Crippen molar-refractivity contribution in [3.8, 4) is 0 Å². The first-order valence-electron chi connectivity index (χ1n) is 12.7. The number of nitrogens with zero attached hydrogens (tertiary/aromatic N) is 2. The molecule has 0 saturated heterocycles. The van der Waals surface area contributed by atoms with E-state index in [4.69, 9.17) is 0 Å². The average Bonchev–Trinajstić information content (AvgIpc) is 2.96. The molecule has 0 aliphatic rings. The average molecular weight is 521 g/mol. The predicted octanol–water partition coefficient (Wildman–Crippen LogP) is 5.28.